The van der Waals surface area contributed by atoms with E-state index in [1.54, 1.807) is 11.8 Å². The van der Waals surface area contributed by atoms with E-state index in [0.29, 0.717) is 12.1 Å². The van der Waals surface area contributed by atoms with Crippen LogP contribution in [0.4, 0.5) is 0 Å². The summed E-state index contributed by atoms with van der Waals surface area (Å²) in [6.07, 6.45) is 2.50. The Labute approximate surface area is 134 Å². The van der Waals surface area contributed by atoms with Gasteiger partial charge in [-0.15, -0.1) is 0 Å². The lowest BCUT2D eigenvalue weighted by atomic mass is 10.2. The first-order chi connectivity index (χ1) is 10.6. The molecule has 5 nitrogen and oxygen atoms in total. The molecule has 22 heavy (non-hydrogen) atoms. The van der Waals surface area contributed by atoms with Crippen molar-refractivity contribution in [3.05, 3.63) is 36.0 Å². The highest BCUT2D eigenvalue weighted by molar-refractivity contribution is 7.98. The number of ether oxygens (including phenoxy) is 1. The number of hydrogen-bond donors (Lipinski definition) is 1. The first-order valence-corrected chi connectivity index (χ1v) is 8.40. The Morgan fingerprint density at radius 2 is 2.09 bits per heavy atom. The molecule has 0 bridgehead atoms. The first-order valence-electron chi connectivity index (χ1n) is 7.00. The van der Waals surface area contributed by atoms with E-state index in [9.17, 15) is 9.59 Å². The van der Waals surface area contributed by atoms with E-state index in [4.69, 9.17) is 4.74 Å². The van der Waals surface area contributed by atoms with Crippen LogP contribution < -0.4 is 5.32 Å². The molecule has 0 fully saturated rings. The van der Waals surface area contributed by atoms with E-state index in [2.05, 4.69) is 5.32 Å². The molecular weight excluding hydrogens is 300 g/mol. The predicted octanol–water partition coefficient (Wildman–Crippen LogP) is 2.20. The normalized spacial score (nSPS) is 12.1. The maximum absolute atomic E-state index is 12.5. The van der Waals surface area contributed by atoms with Crippen LogP contribution in [0, 0.1) is 0 Å². The van der Waals surface area contributed by atoms with Gasteiger partial charge in [-0.25, -0.2) is 4.79 Å². The number of carbonyl (C=O) groups excluding carboxylic acids is 2. The highest BCUT2D eigenvalue weighted by Gasteiger charge is 2.23. The van der Waals surface area contributed by atoms with Gasteiger partial charge in [0.25, 0.3) is 5.91 Å². The van der Waals surface area contributed by atoms with Crippen molar-refractivity contribution >= 4 is 34.5 Å². The van der Waals surface area contributed by atoms with Crippen molar-refractivity contribution in [3.63, 3.8) is 0 Å². The second-order valence-corrected chi connectivity index (χ2v) is 5.96. The van der Waals surface area contributed by atoms with Crippen LogP contribution in [0.3, 0.4) is 0 Å². The van der Waals surface area contributed by atoms with E-state index in [1.165, 1.54) is 7.11 Å². The van der Waals surface area contributed by atoms with Gasteiger partial charge in [0.05, 0.1) is 7.11 Å². The Bertz CT molecular complexity index is 681. The number of carbonyl (C=O) groups is 2. The van der Waals surface area contributed by atoms with Gasteiger partial charge >= 0.3 is 5.97 Å². The zero-order valence-electron chi connectivity index (χ0n) is 13.0. The van der Waals surface area contributed by atoms with E-state index >= 15 is 0 Å². The number of nitrogens with one attached hydrogen (secondary N) is 1. The zero-order chi connectivity index (χ0) is 16.1. The quantitative estimate of drug-likeness (QED) is 0.829. The van der Waals surface area contributed by atoms with Crippen molar-refractivity contribution < 1.29 is 14.3 Å². The Morgan fingerprint density at radius 3 is 2.73 bits per heavy atom. The molecular formula is C16H20N2O3S. The van der Waals surface area contributed by atoms with Gasteiger partial charge in [0, 0.05) is 18.0 Å². The molecule has 0 aliphatic heterocycles. The minimum absolute atomic E-state index is 0.268. The monoisotopic (exact) mass is 320 g/mol. The summed E-state index contributed by atoms with van der Waals surface area (Å²) in [5.41, 5.74) is 1.51. The number of amides is 1. The van der Waals surface area contributed by atoms with E-state index < -0.39 is 12.0 Å². The SMILES string of the molecule is COC(=O)[C@H](CCSC)NC(=O)c1cc2ccccc2n1C. The van der Waals surface area contributed by atoms with Gasteiger partial charge in [-0.05, 0) is 30.6 Å². The number of nitrogens with zero attached hydrogens (tertiary/aromatic N) is 1. The molecule has 0 radical (unpaired) electrons. The molecule has 1 atom stereocenters. The Morgan fingerprint density at radius 1 is 1.36 bits per heavy atom. The number of methoxy groups -OCH3 is 1. The molecule has 0 saturated heterocycles. The Kier molecular flexibility index (Phi) is 5.49. The lowest BCUT2D eigenvalue weighted by Gasteiger charge is -2.16. The van der Waals surface area contributed by atoms with E-state index in [-0.39, 0.29) is 5.91 Å². The number of para-hydroxylation sites is 1. The number of hydrogen-bond acceptors (Lipinski definition) is 4. The van der Waals surface area contributed by atoms with Crippen LogP contribution in [0.5, 0.6) is 0 Å². The van der Waals surface area contributed by atoms with Crippen molar-refractivity contribution in [2.45, 2.75) is 12.5 Å². The summed E-state index contributed by atoms with van der Waals surface area (Å²) in [7, 11) is 3.17. The van der Waals surface area contributed by atoms with Crippen molar-refractivity contribution in [3.8, 4) is 0 Å². The minimum Gasteiger partial charge on any atom is -0.467 e. The van der Waals surface area contributed by atoms with Crippen molar-refractivity contribution in [2.75, 3.05) is 19.1 Å². The fraction of sp³-hybridized carbons (Fsp3) is 0.375. The molecule has 0 saturated carbocycles. The van der Waals surface area contributed by atoms with Gasteiger partial charge in [0.1, 0.15) is 11.7 Å². The molecule has 0 spiro atoms. The molecule has 0 unspecified atom stereocenters. The average Bonchev–Trinajstić information content (AvgIpc) is 2.88. The smallest absolute Gasteiger partial charge is 0.328 e. The third-order valence-corrected chi connectivity index (χ3v) is 4.23. The topological polar surface area (TPSA) is 60.3 Å². The molecule has 1 aromatic heterocycles. The van der Waals surface area contributed by atoms with Gasteiger partial charge in [0.2, 0.25) is 0 Å². The number of benzene rings is 1. The van der Waals surface area contributed by atoms with Gasteiger partial charge in [-0.1, -0.05) is 18.2 Å². The number of thioether (sulfide) groups is 1. The zero-order valence-corrected chi connectivity index (χ0v) is 13.8. The van der Waals surface area contributed by atoms with Crippen molar-refractivity contribution in [2.24, 2.45) is 7.05 Å². The highest BCUT2D eigenvalue weighted by atomic mass is 32.2. The van der Waals surface area contributed by atoms with Crippen molar-refractivity contribution in [1.82, 2.24) is 9.88 Å². The fourth-order valence-corrected chi connectivity index (χ4v) is 2.84. The van der Waals surface area contributed by atoms with Crippen LogP contribution in [0.25, 0.3) is 10.9 Å². The van der Waals surface area contributed by atoms with Crippen LogP contribution >= 0.6 is 11.8 Å². The number of fused-ring (bicyclic) bond motifs is 1. The molecule has 1 N–H and O–H groups in total. The molecule has 6 heteroatoms. The van der Waals surface area contributed by atoms with Gasteiger partial charge in [-0.3, -0.25) is 4.79 Å². The maximum Gasteiger partial charge on any atom is 0.328 e. The van der Waals surface area contributed by atoms with E-state index in [1.807, 2.05) is 48.2 Å². The highest BCUT2D eigenvalue weighted by Crippen LogP contribution is 2.18. The second-order valence-electron chi connectivity index (χ2n) is 4.98. The lowest BCUT2D eigenvalue weighted by molar-refractivity contribution is -0.142. The summed E-state index contributed by atoms with van der Waals surface area (Å²) in [4.78, 5) is 24.3. The molecule has 1 amide bonds. The standard InChI is InChI=1S/C16H20N2O3S/c1-18-13-7-5-4-6-11(13)10-14(18)15(19)17-12(8-9-22-3)16(20)21-2/h4-7,10,12H,8-9H2,1-3H3,(H,17,19)/t12-/m0/s1. The summed E-state index contributed by atoms with van der Waals surface area (Å²) >= 11 is 1.62. The van der Waals surface area contributed by atoms with Crippen LogP contribution in [-0.4, -0.2) is 41.6 Å². The first kappa shape index (κ1) is 16.4. The molecule has 0 aliphatic carbocycles. The molecule has 118 valence electrons. The molecule has 2 rings (SSSR count). The van der Waals surface area contributed by atoms with Gasteiger partial charge < -0.3 is 14.6 Å². The summed E-state index contributed by atoms with van der Waals surface area (Å²) in [5, 5.41) is 3.77. The number of esters is 1. The van der Waals surface area contributed by atoms with Crippen LogP contribution in [0.1, 0.15) is 16.9 Å². The van der Waals surface area contributed by atoms with E-state index in [0.717, 1.165) is 16.7 Å². The Balaban J connectivity index is 2.21. The summed E-state index contributed by atoms with van der Waals surface area (Å²) in [6, 6.07) is 8.98. The molecule has 1 aromatic carbocycles. The second kappa shape index (κ2) is 7.35. The van der Waals surface area contributed by atoms with Crippen LogP contribution in [0.2, 0.25) is 0 Å². The maximum atomic E-state index is 12.5. The molecule has 2 aromatic rings. The van der Waals surface area contributed by atoms with Gasteiger partial charge in [0.15, 0.2) is 0 Å². The van der Waals surface area contributed by atoms with Crippen molar-refractivity contribution in [1.29, 1.82) is 0 Å². The number of rotatable bonds is 6. The average molecular weight is 320 g/mol. The number of aryl methyl sites for hydroxylation is 1. The van der Waals surface area contributed by atoms with Crippen LogP contribution in [-0.2, 0) is 16.6 Å². The molecule has 1 heterocycles. The third kappa shape index (κ3) is 3.44. The lowest BCUT2D eigenvalue weighted by Crippen LogP contribution is -2.42. The third-order valence-electron chi connectivity index (χ3n) is 3.59. The minimum atomic E-state index is -0.622. The fourth-order valence-electron chi connectivity index (χ4n) is 2.37. The largest absolute Gasteiger partial charge is 0.467 e. The predicted molar refractivity (Wildman–Crippen MR) is 89.2 cm³/mol. The summed E-state index contributed by atoms with van der Waals surface area (Å²) < 4.78 is 6.59. The van der Waals surface area contributed by atoms with Gasteiger partial charge in [-0.2, -0.15) is 11.8 Å². The summed E-state index contributed by atoms with van der Waals surface area (Å²) in [6.45, 7) is 0. The number of aromatic nitrogens is 1. The van der Waals surface area contributed by atoms with Crippen LogP contribution in [0.15, 0.2) is 30.3 Å². The molecule has 0 aliphatic rings. The summed E-state index contributed by atoms with van der Waals surface area (Å²) in [5.74, 6) is 0.0891. The Hall–Kier alpha value is -1.95.